The lowest BCUT2D eigenvalue weighted by molar-refractivity contribution is 0.242. The van der Waals surface area contributed by atoms with Gasteiger partial charge in [0.2, 0.25) is 0 Å². The molecule has 5 nitrogen and oxygen atoms in total. The fourth-order valence-electron chi connectivity index (χ4n) is 2.03. The maximum atomic E-state index is 12.2. The fraction of sp³-hybridized carbons (Fsp3) is 0.278. The molecule has 6 heteroatoms. The highest BCUT2D eigenvalue weighted by Crippen LogP contribution is 2.16. The fourth-order valence-corrected chi connectivity index (χ4v) is 2.89. The topological polar surface area (TPSA) is 67.8 Å². The molecule has 0 heterocycles. The van der Waals surface area contributed by atoms with Crippen LogP contribution in [-0.2, 0) is 10.0 Å². The molecule has 0 bridgehead atoms. The molecule has 128 valence electrons. The van der Waals surface area contributed by atoms with Crippen molar-refractivity contribution < 1.29 is 13.2 Å². The van der Waals surface area contributed by atoms with Crippen LogP contribution >= 0.6 is 0 Å². The summed E-state index contributed by atoms with van der Waals surface area (Å²) < 4.78 is 30.1. The molecule has 0 unspecified atom stereocenters. The number of aryl methyl sites for hydroxylation is 1. The number of hydrogen-bond donors (Lipinski definition) is 1. The second-order valence-electron chi connectivity index (χ2n) is 5.80. The highest BCUT2D eigenvalue weighted by Gasteiger charge is 2.12. The number of hydrogen-bond acceptors (Lipinski definition) is 4. The van der Waals surface area contributed by atoms with Crippen molar-refractivity contribution in [2.45, 2.75) is 38.7 Å². The van der Waals surface area contributed by atoms with Crippen molar-refractivity contribution >= 4 is 15.7 Å². The maximum absolute atomic E-state index is 12.2. The quantitative estimate of drug-likeness (QED) is 0.643. The number of nitrogens with zero attached hydrogens (tertiary/aromatic N) is 1. The van der Waals surface area contributed by atoms with Gasteiger partial charge >= 0.3 is 0 Å². The second kappa shape index (κ2) is 7.49. The van der Waals surface area contributed by atoms with Gasteiger partial charge in [0, 0.05) is 5.56 Å². The zero-order chi connectivity index (χ0) is 17.7. The largest absolute Gasteiger partial charge is 0.491 e. The van der Waals surface area contributed by atoms with Crippen LogP contribution in [0.25, 0.3) is 0 Å². The Balaban J connectivity index is 2.17. The van der Waals surface area contributed by atoms with Crippen molar-refractivity contribution in [3.63, 3.8) is 0 Å². The summed E-state index contributed by atoms with van der Waals surface area (Å²) in [6, 6.07) is 14.0. The first-order valence-corrected chi connectivity index (χ1v) is 9.16. The van der Waals surface area contributed by atoms with Crippen LogP contribution in [0.4, 0.5) is 0 Å². The van der Waals surface area contributed by atoms with Crippen LogP contribution in [0.2, 0.25) is 0 Å². The van der Waals surface area contributed by atoms with E-state index in [-0.39, 0.29) is 11.0 Å². The third-order valence-electron chi connectivity index (χ3n) is 3.29. The minimum absolute atomic E-state index is 0.0672. The van der Waals surface area contributed by atoms with Crippen LogP contribution in [0.3, 0.4) is 0 Å². The molecule has 0 saturated carbocycles. The van der Waals surface area contributed by atoms with Gasteiger partial charge < -0.3 is 4.74 Å². The minimum atomic E-state index is -3.68. The molecule has 0 atom stereocenters. The van der Waals surface area contributed by atoms with Crippen LogP contribution in [0.15, 0.2) is 58.5 Å². The van der Waals surface area contributed by atoms with Gasteiger partial charge in [-0.2, -0.15) is 18.4 Å². The average molecular weight is 346 g/mol. The first-order chi connectivity index (χ1) is 11.3. The zero-order valence-electron chi connectivity index (χ0n) is 14.3. The van der Waals surface area contributed by atoms with E-state index >= 15 is 0 Å². The summed E-state index contributed by atoms with van der Waals surface area (Å²) in [6.45, 7) is 7.54. The maximum Gasteiger partial charge on any atom is 0.276 e. The van der Waals surface area contributed by atoms with E-state index in [1.165, 1.54) is 0 Å². The molecule has 0 aromatic heterocycles. The lowest BCUT2D eigenvalue weighted by atomic mass is 10.1. The van der Waals surface area contributed by atoms with E-state index in [9.17, 15) is 8.42 Å². The second-order valence-corrected chi connectivity index (χ2v) is 7.46. The highest BCUT2D eigenvalue weighted by molar-refractivity contribution is 7.89. The van der Waals surface area contributed by atoms with E-state index in [2.05, 4.69) is 9.93 Å². The van der Waals surface area contributed by atoms with Crippen molar-refractivity contribution in [3.05, 3.63) is 59.7 Å². The van der Waals surface area contributed by atoms with Gasteiger partial charge in [-0.25, -0.2) is 0 Å². The van der Waals surface area contributed by atoms with Gasteiger partial charge in [-0.3, -0.25) is 0 Å². The highest BCUT2D eigenvalue weighted by atomic mass is 32.2. The molecule has 0 amide bonds. The number of benzene rings is 2. The molecule has 1 N–H and O–H groups in total. The molecule has 2 aromatic carbocycles. The number of nitrogens with one attached hydrogen (secondary N) is 1. The first kappa shape index (κ1) is 18.0. The SMILES string of the molecule is C/C(=N/NS(=O)(=O)c1ccc(C)cc1)c1cccc(OC(C)C)c1. The Labute approximate surface area is 143 Å². The van der Waals surface area contributed by atoms with Gasteiger partial charge in [0.1, 0.15) is 5.75 Å². The molecule has 0 aliphatic heterocycles. The molecule has 24 heavy (non-hydrogen) atoms. The van der Waals surface area contributed by atoms with Gasteiger partial charge in [-0.1, -0.05) is 29.8 Å². The van der Waals surface area contributed by atoms with E-state index in [1.54, 1.807) is 31.2 Å². The van der Waals surface area contributed by atoms with Gasteiger partial charge in [0.15, 0.2) is 0 Å². The Hall–Kier alpha value is -2.34. The minimum Gasteiger partial charge on any atom is -0.491 e. The molecule has 0 radical (unpaired) electrons. The Morgan fingerprint density at radius 1 is 1.12 bits per heavy atom. The molecular weight excluding hydrogens is 324 g/mol. The summed E-state index contributed by atoms with van der Waals surface area (Å²) in [5.41, 5.74) is 2.34. The first-order valence-electron chi connectivity index (χ1n) is 7.68. The molecule has 2 aromatic rings. The van der Waals surface area contributed by atoms with Crippen LogP contribution in [0, 0.1) is 6.92 Å². The smallest absolute Gasteiger partial charge is 0.276 e. The van der Waals surface area contributed by atoms with E-state index in [4.69, 9.17) is 4.74 Å². The molecule has 0 fully saturated rings. The van der Waals surface area contributed by atoms with Crippen molar-refractivity contribution in [2.75, 3.05) is 0 Å². The predicted octanol–water partition coefficient (Wildman–Crippen LogP) is 3.48. The van der Waals surface area contributed by atoms with Gasteiger partial charge in [0.05, 0.1) is 16.7 Å². The lowest BCUT2D eigenvalue weighted by Gasteiger charge is -2.11. The molecule has 0 aliphatic rings. The number of sulfonamides is 1. The van der Waals surface area contributed by atoms with E-state index in [0.29, 0.717) is 5.71 Å². The average Bonchev–Trinajstić information content (AvgIpc) is 2.53. The predicted molar refractivity (Wildman–Crippen MR) is 95.9 cm³/mol. The van der Waals surface area contributed by atoms with Gasteiger partial charge in [-0.15, -0.1) is 0 Å². The zero-order valence-corrected chi connectivity index (χ0v) is 15.1. The summed E-state index contributed by atoms with van der Waals surface area (Å²) in [6.07, 6.45) is 0.0672. The Morgan fingerprint density at radius 2 is 1.79 bits per heavy atom. The van der Waals surface area contributed by atoms with E-state index in [1.807, 2.05) is 45.0 Å². The number of ether oxygens (including phenoxy) is 1. The van der Waals surface area contributed by atoms with Crippen LogP contribution in [0.5, 0.6) is 5.75 Å². The molecule has 2 rings (SSSR count). The standard InChI is InChI=1S/C18H22N2O3S/c1-13(2)23-17-7-5-6-16(12-17)15(4)19-20-24(21,22)18-10-8-14(3)9-11-18/h5-13,20H,1-4H3/b19-15-. The summed E-state index contributed by atoms with van der Waals surface area (Å²) >= 11 is 0. The molecular formula is C18H22N2O3S. The summed E-state index contributed by atoms with van der Waals surface area (Å²) in [5.74, 6) is 0.721. The Morgan fingerprint density at radius 3 is 2.42 bits per heavy atom. The van der Waals surface area contributed by atoms with Crippen LogP contribution < -0.4 is 9.57 Å². The summed E-state index contributed by atoms with van der Waals surface area (Å²) in [7, 11) is -3.68. The third kappa shape index (κ3) is 4.83. The summed E-state index contributed by atoms with van der Waals surface area (Å²) in [4.78, 5) is 2.45. The van der Waals surface area contributed by atoms with Crippen LogP contribution in [-0.4, -0.2) is 20.2 Å². The van der Waals surface area contributed by atoms with Crippen molar-refractivity contribution in [3.8, 4) is 5.75 Å². The Kier molecular flexibility index (Phi) is 5.62. The van der Waals surface area contributed by atoms with Gasteiger partial charge in [-0.05, 0) is 52.0 Å². The van der Waals surface area contributed by atoms with Gasteiger partial charge in [0.25, 0.3) is 10.0 Å². The molecule has 0 spiro atoms. The molecule has 0 aliphatic carbocycles. The van der Waals surface area contributed by atoms with Crippen LogP contribution in [0.1, 0.15) is 31.9 Å². The van der Waals surface area contributed by atoms with E-state index < -0.39 is 10.0 Å². The number of rotatable bonds is 6. The summed E-state index contributed by atoms with van der Waals surface area (Å²) in [5, 5.41) is 4.01. The van der Waals surface area contributed by atoms with Crippen molar-refractivity contribution in [2.24, 2.45) is 5.10 Å². The number of hydrazone groups is 1. The van der Waals surface area contributed by atoms with E-state index in [0.717, 1.165) is 16.9 Å². The normalized spacial score (nSPS) is 12.3. The Bertz CT molecular complexity index is 826. The monoisotopic (exact) mass is 346 g/mol. The third-order valence-corrected chi connectivity index (χ3v) is 4.51. The lowest BCUT2D eigenvalue weighted by Crippen LogP contribution is -2.20. The van der Waals surface area contributed by atoms with Crippen molar-refractivity contribution in [1.82, 2.24) is 4.83 Å². The molecule has 0 saturated heterocycles. The van der Waals surface area contributed by atoms with Crippen molar-refractivity contribution in [1.29, 1.82) is 0 Å².